The fourth-order valence-electron chi connectivity index (χ4n) is 2.65. The SMILES string of the molecule is Oc1ccc([C@H]2CN(Cc3ccccc3)CCO2)c(Cl)c1. The Kier molecular flexibility index (Phi) is 4.44. The quantitative estimate of drug-likeness (QED) is 0.940. The first kappa shape index (κ1) is 14.4. The van der Waals surface area contributed by atoms with Crippen LogP contribution in [-0.4, -0.2) is 29.7 Å². The lowest BCUT2D eigenvalue weighted by Crippen LogP contribution is -2.37. The van der Waals surface area contributed by atoms with Gasteiger partial charge in [0.25, 0.3) is 0 Å². The predicted octanol–water partition coefficient (Wildman–Crippen LogP) is 3.62. The number of hydrogen-bond acceptors (Lipinski definition) is 3. The van der Waals surface area contributed by atoms with Crippen LogP contribution in [0.25, 0.3) is 0 Å². The smallest absolute Gasteiger partial charge is 0.117 e. The molecule has 1 heterocycles. The summed E-state index contributed by atoms with van der Waals surface area (Å²) in [6.07, 6.45) is -0.0458. The minimum atomic E-state index is -0.0458. The molecule has 3 rings (SSSR count). The number of halogens is 1. The zero-order chi connectivity index (χ0) is 14.7. The van der Waals surface area contributed by atoms with Crippen LogP contribution in [0.4, 0.5) is 0 Å². The number of morpholine rings is 1. The van der Waals surface area contributed by atoms with Crippen LogP contribution in [0, 0.1) is 0 Å². The highest BCUT2D eigenvalue weighted by atomic mass is 35.5. The molecule has 0 aliphatic carbocycles. The lowest BCUT2D eigenvalue weighted by Gasteiger charge is -2.33. The van der Waals surface area contributed by atoms with Crippen LogP contribution in [0.2, 0.25) is 5.02 Å². The van der Waals surface area contributed by atoms with Crippen molar-refractivity contribution < 1.29 is 9.84 Å². The van der Waals surface area contributed by atoms with Crippen molar-refractivity contribution in [3.8, 4) is 5.75 Å². The summed E-state index contributed by atoms with van der Waals surface area (Å²) in [5, 5.41) is 10.0. The van der Waals surface area contributed by atoms with E-state index >= 15 is 0 Å². The minimum Gasteiger partial charge on any atom is -0.508 e. The largest absolute Gasteiger partial charge is 0.508 e. The van der Waals surface area contributed by atoms with E-state index in [4.69, 9.17) is 16.3 Å². The van der Waals surface area contributed by atoms with Gasteiger partial charge in [0, 0.05) is 25.2 Å². The molecule has 0 aromatic heterocycles. The number of phenolic OH excluding ortho intramolecular Hbond substituents is 1. The lowest BCUT2D eigenvalue weighted by molar-refractivity contribution is -0.0328. The number of ether oxygens (including phenoxy) is 1. The van der Waals surface area contributed by atoms with Crippen LogP contribution in [0.3, 0.4) is 0 Å². The van der Waals surface area contributed by atoms with Crippen LogP contribution in [-0.2, 0) is 11.3 Å². The fourth-order valence-corrected chi connectivity index (χ4v) is 2.95. The Bertz CT molecular complexity index is 603. The van der Waals surface area contributed by atoms with Gasteiger partial charge in [0.05, 0.1) is 17.7 Å². The molecule has 2 aromatic carbocycles. The molecule has 110 valence electrons. The van der Waals surface area contributed by atoms with Crippen molar-refractivity contribution in [1.82, 2.24) is 4.90 Å². The molecule has 1 atom stereocenters. The molecule has 1 N–H and O–H groups in total. The number of benzene rings is 2. The molecule has 0 radical (unpaired) electrons. The molecular weight excluding hydrogens is 286 g/mol. The summed E-state index contributed by atoms with van der Waals surface area (Å²) < 4.78 is 5.84. The zero-order valence-corrected chi connectivity index (χ0v) is 12.5. The Morgan fingerprint density at radius 1 is 1.19 bits per heavy atom. The molecule has 0 bridgehead atoms. The van der Waals surface area contributed by atoms with E-state index in [0.717, 1.165) is 25.2 Å². The van der Waals surface area contributed by atoms with Gasteiger partial charge in [-0.1, -0.05) is 48.0 Å². The maximum Gasteiger partial charge on any atom is 0.117 e. The first-order valence-electron chi connectivity index (χ1n) is 7.08. The van der Waals surface area contributed by atoms with E-state index in [9.17, 15) is 5.11 Å². The molecule has 0 unspecified atom stereocenters. The van der Waals surface area contributed by atoms with Gasteiger partial charge in [0.2, 0.25) is 0 Å². The highest BCUT2D eigenvalue weighted by molar-refractivity contribution is 6.31. The Morgan fingerprint density at radius 3 is 2.76 bits per heavy atom. The summed E-state index contributed by atoms with van der Waals surface area (Å²) in [4.78, 5) is 2.37. The summed E-state index contributed by atoms with van der Waals surface area (Å²) in [5.74, 6) is 0.181. The molecule has 0 amide bonds. The topological polar surface area (TPSA) is 32.7 Å². The van der Waals surface area contributed by atoms with Crippen molar-refractivity contribution in [2.45, 2.75) is 12.6 Å². The van der Waals surface area contributed by atoms with Gasteiger partial charge in [-0.05, 0) is 17.7 Å². The second-order valence-electron chi connectivity index (χ2n) is 5.29. The van der Waals surface area contributed by atoms with Crippen molar-refractivity contribution in [1.29, 1.82) is 0 Å². The molecule has 0 spiro atoms. The minimum absolute atomic E-state index is 0.0458. The number of nitrogens with zero attached hydrogens (tertiary/aromatic N) is 1. The average Bonchev–Trinajstić information content (AvgIpc) is 2.48. The van der Waals surface area contributed by atoms with Crippen LogP contribution in [0.15, 0.2) is 48.5 Å². The molecule has 2 aromatic rings. The molecule has 21 heavy (non-hydrogen) atoms. The monoisotopic (exact) mass is 303 g/mol. The number of rotatable bonds is 3. The maximum atomic E-state index is 9.45. The Hall–Kier alpha value is -1.55. The lowest BCUT2D eigenvalue weighted by atomic mass is 10.1. The maximum absolute atomic E-state index is 9.45. The molecule has 3 nitrogen and oxygen atoms in total. The summed E-state index contributed by atoms with van der Waals surface area (Å²) in [6.45, 7) is 3.32. The predicted molar refractivity (Wildman–Crippen MR) is 83.5 cm³/mol. The molecule has 4 heteroatoms. The molecule has 1 aliphatic rings. The van der Waals surface area contributed by atoms with Crippen molar-refractivity contribution in [3.05, 3.63) is 64.7 Å². The standard InChI is InChI=1S/C17H18ClNO2/c18-16-10-14(20)6-7-15(16)17-12-19(8-9-21-17)11-13-4-2-1-3-5-13/h1-7,10,17,20H,8-9,11-12H2/t17-/m1/s1. The van der Waals surface area contributed by atoms with Crippen LogP contribution in [0.5, 0.6) is 5.75 Å². The fraction of sp³-hybridized carbons (Fsp3) is 0.294. The van der Waals surface area contributed by atoms with Gasteiger partial charge in [0.1, 0.15) is 5.75 Å². The second-order valence-corrected chi connectivity index (χ2v) is 5.69. The van der Waals surface area contributed by atoms with Gasteiger partial charge in [0.15, 0.2) is 0 Å². The average molecular weight is 304 g/mol. The van der Waals surface area contributed by atoms with Crippen molar-refractivity contribution >= 4 is 11.6 Å². The van der Waals surface area contributed by atoms with Crippen LogP contribution >= 0.6 is 11.6 Å². The van der Waals surface area contributed by atoms with Gasteiger partial charge in [-0.2, -0.15) is 0 Å². The number of hydrogen-bond donors (Lipinski definition) is 1. The van der Waals surface area contributed by atoms with E-state index in [1.165, 1.54) is 5.56 Å². The Labute approximate surface area is 129 Å². The normalized spacial score (nSPS) is 19.6. The zero-order valence-electron chi connectivity index (χ0n) is 11.7. The van der Waals surface area contributed by atoms with Crippen molar-refractivity contribution in [3.63, 3.8) is 0 Å². The van der Waals surface area contributed by atoms with E-state index < -0.39 is 0 Å². The third-order valence-corrected chi connectivity index (χ3v) is 4.06. The molecule has 1 saturated heterocycles. The van der Waals surface area contributed by atoms with E-state index in [1.807, 2.05) is 12.1 Å². The van der Waals surface area contributed by atoms with E-state index in [2.05, 4.69) is 29.2 Å². The van der Waals surface area contributed by atoms with E-state index in [0.29, 0.717) is 11.6 Å². The summed E-state index contributed by atoms with van der Waals surface area (Å²) in [6, 6.07) is 15.5. The second kappa shape index (κ2) is 6.48. The van der Waals surface area contributed by atoms with Gasteiger partial charge in [-0.15, -0.1) is 0 Å². The summed E-state index contributed by atoms with van der Waals surface area (Å²) in [7, 11) is 0. The van der Waals surface area contributed by atoms with Crippen molar-refractivity contribution in [2.24, 2.45) is 0 Å². The van der Waals surface area contributed by atoms with Gasteiger partial charge >= 0.3 is 0 Å². The first-order chi connectivity index (χ1) is 10.2. The van der Waals surface area contributed by atoms with Crippen molar-refractivity contribution in [2.75, 3.05) is 19.7 Å². The number of phenols is 1. The molecule has 1 aliphatic heterocycles. The van der Waals surface area contributed by atoms with Gasteiger partial charge < -0.3 is 9.84 Å². The summed E-state index contributed by atoms with van der Waals surface area (Å²) in [5.41, 5.74) is 2.24. The van der Waals surface area contributed by atoms with Gasteiger partial charge in [-0.3, -0.25) is 4.90 Å². The highest BCUT2D eigenvalue weighted by Gasteiger charge is 2.23. The number of aromatic hydroxyl groups is 1. The Balaban J connectivity index is 1.71. The van der Waals surface area contributed by atoms with Crippen LogP contribution in [0.1, 0.15) is 17.2 Å². The van der Waals surface area contributed by atoms with E-state index in [1.54, 1.807) is 12.1 Å². The first-order valence-corrected chi connectivity index (χ1v) is 7.46. The van der Waals surface area contributed by atoms with Gasteiger partial charge in [-0.25, -0.2) is 0 Å². The molecule has 1 fully saturated rings. The summed E-state index contributed by atoms with van der Waals surface area (Å²) >= 11 is 6.21. The molecular formula is C17H18ClNO2. The van der Waals surface area contributed by atoms with Crippen LogP contribution < -0.4 is 0 Å². The third kappa shape index (κ3) is 3.56. The highest BCUT2D eigenvalue weighted by Crippen LogP contribution is 2.31. The van der Waals surface area contributed by atoms with E-state index in [-0.39, 0.29) is 11.9 Å². The Morgan fingerprint density at radius 2 is 2.00 bits per heavy atom. The molecule has 0 saturated carbocycles. The third-order valence-electron chi connectivity index (χ3n) is 3.73.